The third kappa shape index (κ3) is 9.53. The van der Waals surface area contributed by atoms with Crippen LogP contribution in [0.3, 0.4) is 0 Å². The van der Waals surface area contributed by atoms with Crippen LogP contribution in [0.4, 0.5) is 10.9 Å². The Morgan fingerprint density at radius 3 is 2.38 bits per heavy atom. The Kier molecular flexibility index (Phi) is 10.7. The molecule has 4 aromatic rings. The van der Waals surface area contributed by atoms with Crippen molar-refractivity contribution in [2.45, 2.75) is 52.0 Å². The number of carbonyl (C=O) groups excluding carboxylic acids is 2. The van der Waals surface area contributed by atoms with Gasteiger partial charge in [-0.2, -0.15) is 5.10 Å². The summed E-state index contributed by atoms with van der Waals surface area (Å²) in [5.41, 5.74) is 4.20. The molecule has 40 heavy (non-hydrogen) atoms. The number of unbranched alkanes of at least 4 members (excludes halogenated alkanes) is 1. The largest absolute Gasteiger partial charge is 0.360 e. The number of aryl methyl sites for hydroxylation is 2. The molecule has 10 heteroatoms. The Hall–Kier alpha value is -4.18. The van der Waals surface area contributed by atoms with E-state index in [0.717, 1.165) is 65.6 Å². The van der Waals surface area contributed by atoms with Crippen LogP contribution in [0.5, 0.6) is 0 Å². The van der Waals surface area contributed by atoms with Gasteiger partial charge in [0.1, 0.15) is 5.01 Å². The van der Waals surface area contributed by atoms with E-state index in [1.165, 1.54) is 5.56 Å². The Morgan fingerprint density at radius 1 is 0.825 bits per heavy atom. The van der Waals surface area contributed by atoms with Crippen molar-refractivity contribution in [2.24, 2.45) is 0 Å². The molecule has 0 aliphatic heterocycles. The summed E-state index contributed by atoms with van der Waals surface area (Å²) in [7, 11) is 1.81. The molecular weight excluding hydrogens is 522 g/mol. The van der Waals surface area contributed by atoms with Crippen molar-refractivity contribution < 1.29 is 9.59 Å². The molecule has 0 unspecified atom stereocenters. The van der Waals surface area contributed by atoms with Gasteiger partial charge in [-0.1, -0.05) is 65.9 Å². The van der Waals surface area contributed by atoms with Crippen LogP contribution in [0.15, 0.2) is 66.7 Å². The second-order valence-electron chi connectivity index (χ2n) is 9.70. The van der Waals surface area contributed by atoms with Crippen molar-refractivity contribution in [2.75, 3.05) is 24.2 Å². The van der Waals surface area contributed by atoms with Crippen molar-refractivity contribution in [1.29, 1.82) is 0 Å². The second kappa shape index (κ2) is 14.8. The molecule has 2 amide bonds. The summed E-state index contributed by atoms with van der Waals surface area (Å²) >= 11 is 1.59. The van der Waals surface area contributed by atoms with Gasteiger partial charge in [0, 0.05) is 33.5 Å². The van der Waals surface area contributed by atoms with E-state index in [4.69, 9.17) is 0 Å². The molecule has 0 radical (unpaired) electrons. The zero-order valence-electron chi connectivity index (χ0n) is 23.0. The summed E-state index contributed by atoms with van der Waals surface area (Å²) < 4.78 is 0. The molecule has 0 spiro atoms. The fourth-order valence-corrected chi connectivity index (χ4v) is 4.93. The Labute approximate surface area is 239 Å². The molecule has 0 saturated heterocycles. The quantitative estimate of drug-likeness (QED) is 0.216. The lowest BCUT2D eigenvalue weighted by Gasteiger charge is -2.15. The van der Waals surface area contributed by atoms with E-state index >= 15 is 0 Å². The Bertz CT molecular complexity index is 1380. The summed E-state index contributed by atoms with van der Waals surface area (Å²) in [5, 5.41) is 25.0. The van der Waals surface area contributed by atoms with Gasteiger partial charge in [-0.25, -0.2) is 0 Å². The first kappa shape index (κ1) is 28.8. The lowest BCUT2D eigenvalue weighted by Crippen LogP contribution is -2.23. The molecule has 208 valence electrons. The summed E-state index contributed by atoms with van der Waals surface area (Å²) in [6, 6.07) is 21.7. The fraction of sp³-hybridized carbons (Fsp3) is 0.333. The topological polar surface area (TPSA) is 113 Å². The minimum absolute atomic E-state index is 0.0588. The maximum atomic E-state index is 12.2. The van der Waals surface area contributed by atoms with Crippen LogP contribution in [0.1, 0.15) is 47.2 Å². The minimum Gasteiger partial charge on any atom is -0.360 e. The van der Waals surface area contributed by atoms with Crippen LogP contribution in [0.2, 0.25) is 0 Å². The fourth-order valence-electron chi connectivity index (χ4n) is 4.12. The van der Waals surface area contributed by atoms with E-state index in [1.54, 1.807) is 29.2 Å². The van der Waals surface area contributed by atoms with Gasteiger partial charge in [-0.05, 0) is 54.5 Å². The molecule has 4 rings (SSSR count). The zero-order valence-corrected chi connectivity index (χ0v) is 23.8. The van der Waals surface area contributed by atoms with Gasteiger partial charge in [0.2, 0.25) is 16.9 Å². The third-order valence-electron chi connectivity index (χ3n) is 6.37. The first-order valence-corrected chi connectivity index (χ1v) is 14.3. The number of nitrogens with zero attached hydrogens (tertiary/aromatic N) is 5. The summed E-state index contributed by atoms with van der Waals surface area (Å²) in [6.07, 6.45) is 4.80. The molecule has 0 fully saturated rings. The summed E-state index contributed by atoms with van der Waals surface area (Å²) in [4.78, 5) is 25.4. The van der Waals surface area contributed by atoms with Gasteiger partial charge in [0.25, 0.3) is 0 Å². The minimum atomic E-state index is -0.109. The Balaban J connectivity index is 1.12. The predicted octanol–water partition coefficient (Wildman–Crippen LogP) is 4.71. The first-order valence-electron chi connectivity index (χ1n) is 13.5. The van der Waals surface area contributed by atoms with Crippen molar-refractivity contribution in [3.63, 3.8) is 0 Å². The molecular formula is C30H35N7O2S. The van der Waals surface area contributed by atoms with Crippen molar-refractivity contribution in [3.05, 3.63) is 94.1 Å². The highest BCUT2D eigenvalue weighted by Gasteiger charge is 2.08. The SMILES string of the molecule is CC(=O)N(C)Cc1cccc(CCNc2nnc(CCCCc3ccc(NC(=O)Cc4ccccc4)nn3)s2)c1. The highest BCUT2D eigenvalue weighted by molar-refractivity contribution is 7.15. The standard InChI is InChI=1S/C30H35N7O2S/c1-22(38)37(2)21-25-12-8-11-24(19-25)17-18-31-30-36-35-29(40-30)14-7-6-13-26-15-16-27(34-33-26)32-28(39)20-23-9-4-3-5-10-23/h3-5,8-12,15-16,19H,6-7,13-14,17-18,20-21H2,1-2H3,(H,31,36)(H,32,34,39). The van der Waals surface area contributed by atoms with Crippen molar-refractivity contribution >= 4 is 34.1 Å². The van der Waals surface area contributed by atoms with Crippen molar-refractivity contribution in [3.8, 4) is 0 Å². The molecule has 2 aromatic heterocycles. The maximum Gasteiger partial charge on any atom is 0.229 e. The second-order valence-corrected chi connectivity index (χ2v) is 10.8. The highest BCUT2D eigenvalue weighted by atomic mass is 32.1. The number of hydrogen-bond acceptors (Lipinski definition) is 8. The maximum absolute atomic E-state index is 12.2. The third-order valence-corrected chi connectivity index (χ3v) is 7.31. The first-order chi connectivity index (χ1) is 19.4. The van der Waals surface area contributed by atoms with Gasteiger partial charge < -0.3 is 15.5 Å². The molecule has 2 heterocycles. The molecule has 0 atom stereocenters. The van der Waals surface area contributed by atoms with E-state index in [9.17, 15) is 9.59 Å². The average molecular weight is 558 g/mol. The smallest absolute Gasteiger partial charge is 0.229 e. The van der Waals surface area contributed by atoms with E-state index in [0.29, 0.717) is 18.8 Å². The molecule has 0 aliphatic carbocycles. The summed E-state index contributed by atoms with van der Waals surface area (Å²) in [5.74, 6) is 0.415. The average Bonchev–Trinajstić information content (AvgIpc) is 3.40. The molecule has 0 saturated carbocycles. The van der Waals surface area contributed by atoms with Crippen LogP contribution in [0.25, 0.3) is 0 Å². The van der Waals surface area contributed by atoms with Gasteiger partial charge >= 0.3 is 0 Å². The highest BCUT2D eigenvalue weighted by Crippen LogP contribution is 2.18. The number of aromatic nitrogens is 4. The van der Waals surface area contributed by atoms with Crippen molar-refractivity contribution in [1.82, 2.24) is 25.3 Å². The number of hydrogen-bond donors (Lipinski definition) is 2. The van der Waals surface area contributed by atoms with Crippen LogP contribution in [-0.2, 0) is 41.8 Å². The van der Waals surface area contributed by atoms with Gasteiger partial charge in [0.15, 0.2) is 5.82 Å². The monoisotopic (exact) mass is 557 g/mol. The van der Waals surface area contributed by atoms with Crippen LogP contribution in [0, 0.1) is 0 Å². The van der Waals surface area contributed by atoms with E-state index in [-0.39, 0.29) is 11.8 Å². The molecule has 2 aromatic carbocycles. The number of anilines is 2. The van der Waals surface area contributed by atoms with E-state index in [2.05, 4.69) is 43.2 Å². The summed E-state index contributed by atoms with van der Waals surface area (Å²) in [6.45, 7) is 2.96. The molecule has 0 aliphatic rings. The normalized spacial score (nSPS) is 10.8. The lowest BCUT2D eigenvalue weighted by atomic mass is 10.1. The number of benzene rings is 2. The van der Waals surface area contributed by atoms with Gasteiger partial charge in [-0.15, -0.1) is 15.3 Å². The molecule has 2 N–H and O–H groups in total. The van der Waals surface area contributed by atoms with Crippen LogP contribution in [-0.4, -0.2) is 50.7 Å². The molecule has 0 bridgehead atoms. The predicted molar refractivity (Wildman–Crippen MR) is 158 cm³/mol. The van der Waals surface area contributed by atoms with Gasteiger partial charge in [-0.3, -0.25) is 9.59 Å². The number of rotatable bonds is 14. The Morgan fingerprint density at radius 2 is 1.60 bits per heavy atom. The zero-order chi connectivity index (χ0) is 28.2. The molecule has 9 nitrogen and oxygen atoms in total. The van der Waals surface area contributed by atoms with Crippen LogP contribution < -0.4 is 10.6 Å². The van der Waals surface area contributed by atoms with Gasteiger partial charge in [0.05, 0.1) is 12.1 Å². The van der Waals surface area contributed by atoms with E-state index < -0.39 is 0 Å². The van der Waals surface area contributed by atoms with E-state index in [1.807, 2.05) is 55.6 Å². The lowest BCUT2D eigenvalue weighted by molar-refractivity contribution is -0.128. The number of carbonyl (C=O) groups is 2. The number of nitrogens with one attached hydrogen (secondary N) is 2. The number of amides is 2. The van der Waals surface area contributed by atoms with Crippen LogP contribution >= 0.6 is 11.3 Å².